The Morgan fingerprint density at radius 1 is 1.42 bits per heavy atom. The van der Waals surface area contributed by atoms with Crippen molar-refractivity contribution in [3.05, 3.63) is 30.1 Å². The average Bonchev–Trinajstić information content (AvgIpc) is 2.79. The Hall–Kier alpha value is -2.17. The minimum Gasteiger partial charge on any atom is -0.319 e. The third-order valence-electron chi connectivity index (χ3n) is 4.65. The Morgan fingerprint density at radius 3 is 2.92 bits per heavy atom. The standard InChI is InChI=1S/C19H26N4O/c1-13-9-15(11-19(3,4)10-13)21-22-18(24)12-23-14(2)20-16-7-5-6-8-17(16)23/h5-8,13H,9-12H2,1-4H3,(H,22,24)/b21-15+/t13-/m0/s1. The van der Waals surface area contributed by atoms with E-state index >= 15 is 0 Å². The fourth-order valence-electron chi connectivity index (χ4n) is 3.92. The highest BCUT2D eigenvalue weighted by Crippen LogP contribution is 2.36. The maximum atomic E-state index is 12.3. The van der Waals surface area contributed by atoms with Crippen LogP contribution < -0.4 is 5.43 Å². The second-order valence-electron chi connectivity index (χ2n) is 7.80. The number of carbonyl (C=O) groups excluding carboxylic acids is 1. The molecule has 1 aromatic heterocycles. The van der Waals surface area contributed by atoms with Crippen molar-refractivity contribution >= 4 is 22.7 Å². The largest absolute Gasteiger partial charge is 0.319 e. The second kappa shape index (κ2) is 6.38. The molecule has 1 aliphatic carbocycles. The van der Waals surface area contributed by atoms with E-state index in [1.54, 1.807) is 0 Å². The van der Waals surface area contributed by atoms with Crippen molar-refractivity contribution in [1.82, 2.24) is 15.0 Å². The summed E-state index contributed by atoms with van der Waals surface area (Å²) in [6.07, 6.45) is 3.13. The van der Waals surface area contributed by atoms with Gasteiger partial charge in [-0.15, -0.1) is 0 Å². The van der Waals surface area contributed by atoms with Gasteiger partial charge in [-0.3, -0.25) is 4.79 Å². The lowest BCUT2D eigenvalue weighted by Crippen LogP contribution is -2.31. The van der Waals surface area contributed by atoms with Crippen LogP contribution in [0.2, 0.25) is 0 Å². The van der Waals surface area contributed by atoms with Gasteiger partial charge >= 0.3 is 0 Å². The number of nitrogens with zero attached hydrogens (tertiary/aromatic N) is 3. The monoisotopic (exact) mass is 326 g/mol. The van der Waals surface area contributed by atoms with Gasteiger partial charge in [-0.1, -0.05) is 32.9 Å². The molecule has 1 fully saturated rings. The Kier molecular flexibility index (Phi) is 4.43. The fraction of sp³-hybridized carbons (Fsp3) is 0.526. The Bertz CT molecular complexity index is 788. The molecule has 1 aromatic carbocycles. The summed E-state index contributed by atoms with van der Waals surface area (Å²) in [5.74, 6) is 1.35. The summed E-state index contributed by atoms with van der Waals surface area (Å²) in [5, 5.41) is 4.40. The van der Waals surface area contributed by atoms with E-state index in [0.29, 0.717) is 5.92 Å². The van der Waals surface area contributed by atoms with Crippen LogP contribution in [0.5, 0.6) is 0 Å². The first-order valence-corrected chi connectivity index (χ1v) is 8.60. The molecule has 5 heteroatoms. The van der Waals surface area contributed by atoms with Gasteiger partial charge in [-0.25, -0.2) is 10.4 Å². The third-order valence-corrected chi connectivity index (χ3v) is 4.65. The number of benzene rings is 1. The van der Waals surface area contributed by atoms with Crippen LogP contribution in [0.25, 0.3) is 11.0 Å². The van der Waals surface area contributed by atoms with Crippen LogP contribution in [0.4, 0.5) is 0 Å². The zero-order chi connectivity index (χ0) is 17.3. The van der Waals surface area contributed by atoms with E-state index in [1.165, 1.54) is 6.42 Å². The number of fused-ring (bicyclic) bond motifs is 1. The first-order valence-electron chi connectivity index (χ1n) is 8.60. The van der Waals surface area contributed by atoms with Crippen molar-refractivity contribution in [2.75, 3.05) is 0 Å². The summed E-state index contributed by atoms with van der Waals surface area (Å²) >= 11 is 0. The van der Waals surface area contributed by atoms with Crippen molar-refractivity contribution < 1.29 is 4.79 Å². The molecule has 1 saturated carbocycles. The van der Waals surface area contributed by atoms with Crippen LogP contribution in [-0.4, -0.2) is 21.2 Å². The highest BCUT2D eigenvalue weighted by atomic mass is 16.2. The summed E-state index contributed by atoms with van der Waals surface area (Å²) in [5.41, 5.74) is 5.99. The van der Waals surface area contributed by atoms with E-state index in [0.717, 1.165) is 35.4 Å². The number of hydrogen-bond acceptors (Lipinski definition) is 3. The first kappa shape index (κ1) is 16.7. The number of hydrogen-bond donors (Lipinski definition) is 1. The van der Waals surface area contributed by atoms with Crippen molar-refractivity contribution in [3.63, 3.8) is 0 Å². The molecular weight excluding hydrogens is 300 g/mol. The second-order valence-corrected chi connectivity index (χ2v) is 7.80. The smallest absolute Gasteiger partial charge is 0.260 e. The summed E-state index contributed by atoms with van der Waals surface area (Å²) in [6, 6.07) is 7.86. The molecule has 1 amide bonds. The predicted molar refractivity (Wildman–Crippen MR) is 96.8 cm³/mol. The van der Waals surface area contributed by atoms with Gasteiger partial charge in [0.2, 0.25) is 0 Å². The lowest BCUT2D eigenvalue weighted by atomic mass is 9.72. The Labute approximate surface area is 143 Å². The van der Waals surface area contributed by atoms with Crippen molar-refractivity contribution in [2.45, 2.75) is 53.5 Å². The number of hydrazone groups is 1. The molecule has 5 nitrogen and oxygen atoms in total. The van der Waals surface area contributed by atoms with Gasteiger partial charge in [0, 0.05) is 5.71 Å². The molecular formula is C19H26N4O. The van der Waals surface area contributed by atoms with Gasteiger partial charge in [0.25, 0.3) is 5.91 Å². The molecule has 128 valence electrons. The number of aromatic nitrogens is 2. The van der Waals surface area contributed by atoms with Crippen LogP contribution in [0.1, 0.15) is 45.9 Å². The lowest BCUT2D eigenvalue weighted by molar-refractivity contribution is -0.121. The summed E-state index contributed by atoms with van der Waals surface area (Å²) < 4.78 is 1.93. The highest BCUT2D eigenvalue weighted by molar-refractivity contribution is 5.88. The van der Waals surface area contributed by atoms with Gasteiger partial charge in [0.05, 0.1) is 11.0 Å². The number of para-hydroxylation sites is 2. The molecule has 0 bridgehead atoms. The molecule has 3 rings (SSSR count). The van der Waals surface area contributed by atoms with Crippen molar-refractivity contribution in [2.24, 2.45) is 16.4 Å². The summed E-state index contributed by atoms with van der Waals surface area (Å²) in [6.45, 7) is 8.94. The normalized spacial score (nSPS) is 22.0. The number of carbonyl (C=O) groups is 1. The molecule has 2 aromatic rings. The molecule has 0 unspecified atom stereocenters. The third kappa shape index (κ3) is 3.66. The highest BCUT2D eigenvalue weighted by Gasteiger charge is 2.29. The molecule has 0 saturated heterocycles. The molecule has 1 N–H and O–H groups in total. The molecule has 1 aliphatic rings. The van der Waals surface area contributed by atoms with E-state index in [-0.39, 0.29) is 17.9 Å². The minimum atomic E-state index is -0.107. The molecule has 1 heterocycles. The maximum Gasteiger partial charge on any atom is 0.260 e. The quantitative estimate of drug-likeness (QED) is 0.875. The summed E-state index contributed by atoms with van der Waals surface area (Å²) in [7, 11) is 0. The first-order chi connectivity index (χ1) is 11.3. The predicted octanol–water partition coefficient (Wildman–Crippen LogP) is 3.66. The Morgan fingerprint density at radius 2 is 2.17 bits per heavy atom. The van der Waals surface area contributed by atoms with E-state index in [2.05, 4.69) is 36.3 Å². The van der Waals surface area contributed by atoms with Crippen LogP contribution in [0.15, 0.2) is 29.4 Å². The van der Waals surface area contributed by atoms with Crippen LogP contribution >= 0.6 is 0 Å². The molecule has 0 aliphatic heterocycles. The Balaban J connectivity index is 1.69. The van der Waals surface area contributed by atoms with Crippen LogP contribution in [-0.2, 0) is 11.3 Å². The average molecular weight is 326 g/mol. The van der Waals surface area contributed by atoms with Crippen molar-refractivity contribution in [1.29, 1.82) is 0 Å². The topological polar surface area (TPSA) is 59.3 Å². The SMILES string of the molecule is Cc1nc2ccccc2n1CC(=O)N/N=C1\C[C@H](C)CC(C)(C)C1. The summed E-state index contributed by atoms with van der Waals surface area (Å²) in [4.78, 5) is 16.8. The van der Waals surface area contributed by atoms with Crippen molar-refractivity contribution in [3.8, 4) is 0 Å². The number of nitrogens with one attached hydrogen (secondary N) is 1. The van der Waals surface area contributed by atoms with Crippen LogP contribution in [0, 0.1) is 18.3 Å². The van der Waals surface area contributed by atoms with Gasteiger partial charge in [-0.05, 0) is 49.7 Å². The molecule has 1 atom stereocenters. The van der Waals surface area contributed by atoms with E-state index in [9.17, 15) is 4.79 Å². The minimum absolute atomic E-state index is 0.107. The zero-order valence-electron chi connectivity index (χ0n) is 15.0. The molecule has 0 radical (unpaired) electrons. The number of aryl methyl sites for hydroxylation is 1. The van der Waals surface area contributed by atoms with Gasteiger partial charge in [0.15, 0.2) is 0 Å². The van der Waals surface area contributed by atoms with Gasteiger partial charge in [0.1, 0.15) is 12.4 Å². The van der Waals surface area contributed by atoms with Gasteiger partial charge < -0.3 is 4.57 Å². The van der Waals surface area contributed by atoms with E-state index in [1.807, 2.05) is 35.8 Å². The van der Waals surface area contributed by atoms with Gasteiger partial charge in [-0.2, -0.15) is 5.10 Å². The lowest BCUT2D eigenvalue weighted by Gasteiger charge is -2.34. The van der Waals surface area contributed by atoms with E-state index < -0.39 is 0 Å². The number of rotatable bonds is 3. The maximum absolute atomic E-state index is 12.3. The zero-order valence-corrected chi connectivity index (χ0v) is 15.0. The van der Waals surface area contributed by atoms with Crippen LogP contribution in [0.3, 0.4) is 0 Å². The van der Waals surface area contributed by atoms with E-state index in [4.69, 9.17) is 0 Å². The molecule has 0 spiro atoms. The number of imidazole rings is 1. The fourth-order valence-corrected chi connectivity index (χ4v) is 3.92. The number of amides is 1. The molecule has 24 heavy (non-hydrogen) atoms.